The maximum absolute atomic E-state index is 5.80. The van der Waals surface area contributed by atoms with E-state index in [-0.39, 0.29) is 5.60 Å². The first-order valence-electron chi connectivity index (χ1n) is 6.75. The standard InChI is InChI=1S/C15H21NO2/c1-15(2)11-16(8-10-18-15)13-7-9-17-14-6-4-3-5-12(13)14/h3-6,13H,7-11H2,1-2H3/t13-/m0/s1. The van der Waals surface area contributed by atoms with E-state index in [9.17, 15) is 0 Å². The topological polar surface area (TPSA) is 21.7 Å². The minimum atomic E-state index is -0.0362. The van der Waals surface area contributed by atoms with E-state index in [0.29, 0.717) is 6.04 Å². The molecule has 0 unspecified atom stereocenters. The number of ether oxygens (including phenoxy) is 2. The van der Waals surface area contributed by atoms with E-state index < -0.39 is 0 Å². The highest BCUT2D eigenvalue weighted by molar-refractivity contribution is 5.37. The van der Waals surface area contributed by atoms with Gasteiger partial charge in [0.2, 0.25) is 0 Å². The van der Waals surface area contributed by atoms with Gasteiger partial charge in [0.1, 0.15) is 5.75 Å². The van der Waals surface area contributed by atoms with Crippen LogP contribution >= 0.6 is 0 Å². The Bertz CT molecular complexity index is 430. The predicted octanol–water partition coefficient (Wildman–Crippen LogP) is 2.62. The van der Waals surface area contributed by atoms with E-state index in [4.69, 9.17) is 9.47 Å². The SMILES string of the molecule is CC1(C)CN([C@H]2CCOc3ccccc32)CCO1. The highest BCUT2D eigenvalue weighted by Gasteiger charge is 2.34. The Morgan fingerprint density at radius 3 is 2.89 bits per heavy atom. The molecule has 1 fully saturated rings. The normalized spacial score (nSPS) is 27.3. The molecular formula is C15H21NO2. The van der Waals surface area contributed by atoms with Crippen molar-refractivity contribution in [3.8, 4) is 5.75 Å². The molecule has 0 radical (unpaired) electrons. The number of morpholine rings is 1. The van der Waals surface area contributed by atoms with E-state index in [1.807, 2.05) is 6.07 Å². The molecule has 3 nitrogen and oxygen atoms in total. The Kier molecular flexibility index (Phi) is 3.04. The summed E-state index contributed by atoms with van der Waals surface area (Å²) in [4.78, 5) is 2.55. The zero-order valence-electron chi connectivity index (χ0n) is 11.2. The van der Waals surface area contributed by atoms with Crippen molar-refractivity contribution in [3.63, 3.8) is 0 Å². The largest absolute Gasteiger partial charge is 0.493 e. The molecule has 0 aliphatic carbocycles. The van der Waals surface area contributed by atoms with Crippen molar-refractivity contribution in [2.24, 2.45) is 0 Å². The second-order valence-corrected chi connectivity index (χ2v) is 5.77. The Morgan fingerprint density at radius 1 is 1.22 bits per heavy atom. The molecule has 0 saturated carbocycles. The molecule has 1 saturated heterocycles. The van der Waals surface area contributed by atoms with Crippen molar-refractivity contribution < 1.29 is 9.47 Å². The molecule has 98 valence electrons. The zero-order valence-corrected chi connectivity index (χ0v) is 11.2. The summed E-state index contributed by atoms with van der Waals surface area (Å²) < 4.78 is 11.5. The van der Waals surface area contributed by atoms with Gasteiger partial charge in [-0.15, -0.1) is 0 Å². The fraction of sp³-hybridized carbons (Fsp3) is 0.600. The molecular weight excluding hydrogens is 226 g/mol. The molecule has 1 aromatic carbocycles. The molecule has 1 atom stereocenters. The van der Waals surface area contributed by atoms with Gasteiger partial charge in [-0.05, 0) is 19.9 Å². The molecule has 3 heteroatoms. The van der Waals surface area contributed by atoms with Crippen LogP contribution in [-0.2, 0) is 4.74 Å². The molecule has 0 bridgehead atoms. The summed E-state index contributed by atoms with van der Waals surface area (Å²) in [6, 6.07) is 8.91. The lowest BCUT2D eigenvalue weighted by molar-refractivity contribution is -0.101. The summed E-state index contributed by atoms with van der Waals surface area (Å²) in [5, 5.41) is 0. The van der Waals surface area contributed by atoms with E-state index >= 15 is 0 Å². The van der Waals surface area contributed by atoms with E-state index in [0.717, 1.165) is 38.5 Å². The van der Waals surface area contributed by atoms with Crippen LogP contribution in [-0.4, -0.2) is 36.8 Å². The minimum Gasteiger partial charge on any atom is -0.493 e. The molecule has 2 aliphatic heterocycles. The van der Waals surface area contributed by atoms with Gasteiger partial charge in [0.25, 0.3) is 0 Å². The third-order valence-electron chi connectivity index (χ3n) is 3.82. The molecule has 0 spiro atoms. The number of rotatable bonds is 1. The highest BCUT2D eigenvalue weighted by atomic mass is 16.5. The number of fused-ring (bicyclic) bond motifs is 1. The van der Waals surface area contributed by atoms with Crippen molar-refractivity contribution >= 4 is 0 Å². The summed E-state index contributed by atoms with van der Waals surface area (Å²) in [5.41, 5.74) is 1.30. The Hall–Kier alpha value is -1.06. The van der Waals surface area contributed by atoms with Crippen LogP contribution in [0, 0.1) is 0 Å². The van der Waals surface area contributed by atoms with Crippen LogP contribution in [0.4, 0.5) is 0 Å². The predicted molar refractivity (Wildman–Crippen MR) is 70.9 cm³/mol. The lowest BCUT2D eigenvalue weighted by Crippen LogP contribution is -2.50. The second kappa shape index (κ2) is 4.56. The van der Waals surface area contributed by atoms with E-state index in [2.05, 4.69) is 36.9 Å². The van der Waals surface area contributed by atoms with Crippen LogP contribution in [0.2, 0.25) is 0 Å². The summed E-state index contributed by atoms with van der Waals surface area (Å²) in [6.45, 7) is 8.00. The maximum Gasteiger partial charge on any atom is 0.124 e. The average Bonchev–Trinajstić information content (AvgIpc) is 2.37. The minimum absolute atomic E-state index is 0.0362. The Labute approximate surface area is 109 Å². The van der Waals surface area contributed by atoms with Gasteiger partial charge < -0.3 is 9.47 Å². The molecule has 0 N–H and O–H groups in total. The quantitative estimate of drug-likeness (QED) is 0.761. The first kappa shape index (κ1) is 12.0. The third kappa shape index (κ3) is 2.25. The summed E-state index contributed by atoms with van der Waals surface area (Å²) in [5.74, 6) is 1.05. The van der Waals surface area contributed by atoms with Gasteiger partial charge in [-0.3, -0.25) is 4.90 Å². The fourth-order valence-electron chi connectivity index (χ4n) is 3.02. The molecule has 18 heavy (non-hydrogen) atoms. The summed E-state index contributed by atoms with van der Waals surface area (Å²) >= 11 is 0. The lowest BCUT2D eigenvalue weighted by atomic mass is 9.96. The first-order valence-corrected chi connectivity index (χ1v) is 6.75. The monoisotopic (exact) mass is 247 g/mol. The number of nitrogens with zero attached hydrogens (tertiary/aromatic N) is 1. The third-order valence-corrected chi connectivity index (χ3v) is 3.82. The molecule has 2 aliphatic rings. The number of hydrogen-bond donors (Lipinski definition) is 0. The molecule has 0 aromatic heterocycles. The highest BCUT2D eigenvalue weighted by Crippen LogP contribution is 2.37. The lowest BCUT2D eigenvalue weighted by Gasteiger charge is -2.43. The van der Waals surface area contributed by atoms with Gasteiger partial charge in [0, 0.05) is 31.1 Å². The smallest absolute Gasteiger partial charge is 0.124 e. The van der Waals surface area contributed by atoms with Crippen molar-refractivity contribution in [1.29, 1.82) is 0 Å². The van der Waals surface area contributed by atoms with Gasteiger partial charge >= 0.3 is 0 Å². The average molecular weight is 247 g/mol. The van der Waals surface area contributed by atoms with Crippen molar-refractivity contribution in [2.75, 3.05) is 26.3 Å². The van der Waals surface area contributed by atoms with Gasteiger partial charge in [-0.25, -0.2) is 0 Å². The Morgan fingerprint density at radius 2 is 2.06 bits per heavy atom. The number of benzene rings is 1. The summed E-state index contributed by atoms with van der Waals surface area (Å²) in [6.07, 6.45) is 1.08. The van der Waals surface area contributed by atoms with Crippen molar-refractivity contribution in [2.45, 2.75) is 31.9 Å². The van der Waals surface area contributed by atoms with E-state index in [1.165, 1.54) is 5.56 Å². The zero-order chi connectivity index (χ0) is 12.6. The second-order valence-electron chi connectivity index (χ2n) is 5.77. The number of hydrogen-bond acceptors (Lipinski definition) is 3. The van der Waals surface area contributed by atoms with Crippen molar-refractivity contribution in [1.82, 2.24) is 4.90 Å². The fourth-order valence-corrected chi connectivity index (χ4v) is 3.02. The molecule has 1 aromatic rings. The van der Waals surface area contributed by atoms with E-state index in [1.54, 1.807) is 0 Å². The first-order chi connectivity index (χ1) is 8.66. The van der Waals surface area contributed by atoms with Crippen LogP contribution in [0.15, 0.2) is 24.3 Å². The van der Waals surface area contributed by atoms with Gasteiger partial charge in [0.15, 0.2) is 0 Å². The maximum atomic E-state index is 5.80. The number of para-hydroxylation sites is 1. The van der Waals surface area contributed by atoms with Gasteiger partial charge in [-0.1, -0.05) is 18.2 Å². The van der Waals surface area contributed by atoms with Crippen LogP contribution in [0.1, 0.15) is 31.9 Å². The molecule has 3 rings (SSSR count). The van der Waals surface area contributed by atoms with Crippen LogP contribution < -0.4 is 4.74 Å². The molecule has 2 heterocycles. The van der Waals surface area contributed by atoms with Crippen LogP contribution in [0.5, 0.6) is 5.75 Å². The van der Waals surface area contributed by atoms with Gasteiger partial charge in [-0.2, -0.15) is 0 Å². The van der Waals surface area contributed by atoms with Crippen LogP contribution in [0.3, 0.4) is 0 Å². The van der Waals surface area contributed by atoms with Gasteiger partial charge in [0.05, 0.1) is 18.8 Å². The molecule has 0 amide bonds. The van der Waals surface area contributed by atoms with Crippen molar-refractivity contribution in [3.05, 3.63) is 29.8 Å². The van der Waals surface area contributed by atoms with Crippen LogP contribution in [0.25, 0.3) is 0 Å². The Balaban J connectivity index is 1.85. The summed E-state index contributed by atoms with van der Waals surface area (Å²) in [7, 11) is 0.